The number of oxazole rings is 1. The van der Waals surface area contributed by atoms with Crippen molar-refractivity contribution in [2.24, 2.45) is 11.5 Å². The van der Waals surface area contributed by atoms with E-state index in [1.807, 2.05) is 31.2 Å². The highest BCUT2D eigenvalue weighted by Gasteiger charge is 2.00. The molecule has 14 heavy (non-hydrogen) atoms. The SMILES string of the molecule is CCN.NCc1nc2ccccc2o1. The summed E-state index contributed by atoms with van der Waals surface area (Å²) in [5, 5.41) is 0. The topological polar surface area (TPSA) is 78.1 Å². The lowest BCUT2D eigenvalue weighted by Gasteiger charge is -1.81. The van der Waals surface area contributed by atoms with Crippen molar-refractivity contribution in [3.8, 4) is 0 Å². The van der Waals surface area contributed by atoms with Gasteiger partial charge in [-0.1, -0.05) is 19.1 Å². The number of nitrogens with two attached hydrogens (primary N) is 2. The molecule has 0 aliphatic rings. The van der Waals surface area contributed by atoms with E-state index in [0.717, 1.165) is 17.6 Å². The number of rotatable bonds is 1. The van der Waals surface area contributed by atoms with Crippen LogP contribution in [-0.2, 0) is 6.54 Å². The van der Waals surface area contributed by atoms with Gasteiger partial charge in [-0.3, -0.25) is 0 Å². The fraction of sp³-hybridized carbons (Fsp3) is 0.300. The molecule has 4 N–H and O–H groups in total. The zero-order valence-electron chi connectivity index (χ0n) is 8.23. The van der Waals surface area contributed by atoms with Crippen LogP contribution in [0.2, 0.25) is 0 Å². The van der Waals surface area contributed by atoms with E-state index < -0.39 is 0 Å². The first-order valence-electron chi connectivity index (χ1n) is 4.56. The number of fused-ring (bicyclic) bond motifs is 1. The van der Waals surface area contributed by atoms with Gasteiger partial charge < -0.3 is 15.9 Å². The summed E-state index contributed by atoms with van der Waals surface area (Å²) in [6.07, 6.45) is 0. The number of para-hydroxylation sites is 2. The standard InChI is InChI=1S/C8H8N2O.C2H7N/c9-5-8-10-6-3-1-2-4-7(6)11-8;1-2-3/h1-4H,5,9H2;2-3H2,1H3. The van der Waals surface area contributed by atoms with Crippen molar-refractivity contribution in [2.45, 2.75) is 13.5 Å². The fourth-order valence-corrected chi connectivity index (χ4v) is 1.01. The van der Waals surface area contributed by atoms with E-state index in [-0.39, 0.29) is 0 Å². The molecule has 0 aliphatic carbocycles. The van der Waals surface area contributed by atoms with Gasteiger partial charge in [0, 0.05) is 0 Å². The number of hydrogen-bond donors (Lipinski definition) is 2. The third-order valence-electron chi connectivity index (χ3n) is 1.51. The third kappa shape index (κ3) is 2.55. The molecule has 2 rings (SSSR count). The Balaban J connectivity index is 0.000000293. The van der Waals surface area contributed by atoms with E-state index in [1.54, 1.807) is 0 Å². The van der Waals surface area contributed by atoms with Crippen molar-refractivity contribution in [1.29, 1.82) is 0 Å². The predicted octanol–water partition coefficient (Wildman–Crippen LogP) is 1.25. The summed E-state index contributed by atoms with van der Waals surface area (Å²) in [5.41, 5.74) is 11.9. The molecule has 0 fully saturated rings. The van der Waals surface area contributed by atoms with Crippen LogP contribution in [0.25, 0.3) is 11.1 Å². The Morgan fingerprint density at radius 3 is 2.50 bits per heavy atom. The summed E-state index contributed by atoms with van der Waals surface area (Å²) in [4.78, 5) is 4.14. The highest BCUT2D eigenvalue weighted by Crippen LogP contribution is 2.13. The number of nitrogens with zero attached hydrogens (tertiary/aromatic N) is 1. The Kier molecular flexibility index (Phi) is 4.10. The van der Waals surface area contributed by atoms with Gasteiger partial charge in [0.1, 0.15) is 5.52 Å². The van der Waals surface area contributed by atoms with Crippen LogP contribution in [0.1, 0.15) is 12.8 Å². The van der Waals surface area contributed by atoms with Gasteiger partial charge in [0.2, 0.25) is 5.89 Å². The van der Waals surface area contributed by atoms with E-state index in [4.69, 9.17) is 15.9 Å². The lowest BCUT2D eigenvalue weighted by atomic mass is 10.3. The molecule has 0 radical (unpaired) electrons. The van der Waals surface area contributed by atoms with Gasteiger partial charge in [-0.25, -0.2) is 4.98 Å². The van der Waals surface area contributed by atoms with E-state index >= 15 is 0 Å². The first-order chi connectivity index (χ1) is 6.81. The molecule has 0 aliphatic heterocycles. The second-order valence-electron chi connectivity index (χ2n) is 2.69. The number of benzene rings is 1. The van der Waals surface area contributed by atoms with Crippen molar-refractivity contribution < 1.29 is 4.42 Å². The molecule has 1 heterocycles. The zero-order valence-corrected chi connectivity index (χ0v) is 8.23. The Morgan fingerprint density at radius 2 is 1.93 bits per heavy atom. The van der Waals surface area contributed by atoms with Crippen LogP contribution in [-0.4, -0.2) is 11.5 Å². The van der Waals surface area contributed by atoms with Crippen molar-refractivity contribution in [3.05, 3.63) is 30.2 Å². The minimum Gasteiger partial charge on any atom is -0.439 e. The summed E-state index contributed by atoms with van der Waals surface area (Å²) in [5.74, 6) is 0.589. The van der Waals surface area contributed by atoms with Crippen molar-refractivity contribution in [2.75, 3.05) is 6.54 Å². The number of aromatic nitrogens is 1. The first kappa shape index (κ1) is 10.7. The Morgan fingerprint density at radius 1 is 1.29 bits per heavy atom. The highest BCUT2D eigenvalue weighted by atomic mass is 16.3. The summed E-state index contributed by atoms with van der Waals surface area (Å²) >= 11 is 0. The second-order valence-corrected chi connectivity index (χ2v) is 2.69. The van der Waals surface area contributed by atoms with Gasteiger partial charge in [0.15, 0.2) is 5.58 Å². The van der Waals surface area contributed by atoms with E-state index in [9.17, 15) is 0 Å². The second kappa shape index (κ2) is 5.36. The molecule has 0 amide bonds. The smallest absolute Gasteiger partial charge is 0.209 e. The molecule has 76 valence electrons. The van der Waals surface area contributed by atoms with Gasteiger partial charge in [-0.15, -0.1) is 0 Å². The maximum absolute atomic E-state index is 5.36. The van der Waals surface area contributed by atoms with E-state index in [0.29, 0.717) is 12.4 Å². The van der Waals surface area contributed by atoms with Crippen molar-refractivity contribution in [1.82, 2.24) is 4.98 Å². The molecule has 1 aromatic carbocycles. The van der Waals surface area contributed by atoms with E-state index in [2.05, 4.69) is 4.98 Å². The van der Waals surface area contributed by atoms with Gasteiger partial charge in [0.05, 0.1) is 6.54 Å². The van der Waals surface area contributed by atoms with Crippen LogP contribution < -0.4 is 11.5 Å². The molecular formula is C10H15N3O. The molecule has 0 saturated heterocycles. The summed E-state index contributed by atoms with van der Waals surface area (Å²) in [6, 6.07) is 7.61. The van der Waals surface area contributed by atoms with Crippen LogP contribution in [0.15, 0.2) is 28.7 Å². The van der Waals surface area contributed by atoms with Crippen LogP contribution >= 0.6 is 0 Å². The monoisotopic (exact) mass is 193 g/mol. The van der Waals surface area contributed by atoms with Gasteiger partial charge in [-0.05, 0) is 18.7 Å². The number of hydrogen-bond acceptors (Lipinski definition) is 4. The lowest BCUT2D eigenvalue weighted by molar-refractivity contribution is 0.533. The molecule has 0 bridgehead atoms. The first-order valence-corrected chi connectivity index (χ1v) is 4.56. The van der Waals surface area contributed by atoms with Gasteiger partial charge >= 0.3 is 0 Å². The highest BCUT2D eigenvalue weighted by molar-refractivity contribution is 5.72. The molecule has 2 aromatic rings. The molecule has 0 unspecified atom stereocenters. The maximum atomic E-state index is 5.36. The average molecular weight is 193 g/mol. The quantitative estimate of drug-likeness (QED) is 0.714. The fourth-order valence-electron chi connectivity index (χ4n) is 1.01. The minimum absolute atomic E-state index is 0.356. The third-order valence-corrected chi connectivity index (χ3v) is 1.51. The van der Waals surface area contributed by atoms with Crippen molar-refractivity contribution in [3.63, 3.8) is 0 Å². The van der Waals surface area contributed by atoms with Gasteiger partial charge in [-0.2, -0.15) is 0 Å². The molecule has 0 spiro atoms. The summed E-state index contributed by atoms with van der Waals surface area (Å²) in [6.45, 7) is 3.01. The Hall–Kier alpha value is -1.39. The molecule has 0 atom stereocenters. The average Bonchev–Trinajstić information content (AvgIpc) is 2.61. The van der Waals surface area contributed by atoms with Crippen molar-refractivity contribution >= 4 is 11.1 Å². The van der Waals surface area contributed by atoms with Gasteiger partial charge in [0.25, 0.3) is 0 Å². The van der Waals surface area contributed by atoms with E-state index in [1.165, 1.54) is 0 Å². The predicted molar refractivity (Wildman–Crippen MR) is 56.6 cm³/mol. The molecule has 4 nitrogen and oxygen atoms in total. The summed E-state index contributed by atoms with van der Waals surface area (Å²) < 4.78 is 5.28. The summed E-state index contributed by atoms with van der Waals surface area (Å²) in [7, 11) is 0. The van der Waals surface area contributed by atoms with Crippen LogP contribution in [0, 0.1) is 0 Å². The van der Waals surface area contributed by atoms with Crippen LogP contribution in [0.5, 0.6) is 0 Å². The molecule has 0 saturated carbocycles. The largest absolute Gasteiger partial charge is 0.439 e. The van der Waals surface area contributed by atoms with Crippen LogP contribution in [0.3, 0.4) is 0 Å². The minimum atomic E-state index is 0.356. The normalized spacial score (nSPS) is 9.64. The zero-order chi connectivity index (χ0) is 10.4. The molecule has 1 aromatic heterocycles. The lowest BCUT2D eigenvalue weighted by Crippen LogP contribution is -1.94. The Labute approximate surface area is 82.9 Å². The Bertz CT molecular complexity index is 351. The van der Waals surface area contributed by atoms with Crippen LogP contribution in [0.4, 0.5) is 0 Å². The molecule has 4 heteroatoms. The maximum Gasteiger partial charge on any atom is 0.209 e. The molecular weight excluding hydrogens is 178 g/mol.